The first-order valence-corrected chi connectivity index (χ1v) is 8.20. The van der Waals surface area contributed by atoms with Gasteiger partial charge in [0.25, 0.3) is 0 Å². The minimum Gasteiger partial charge on any atom is -0.370 e. The van der Waals surface area contributed by atoms with Gasteiger partial charge in [-0.05, 0) is 30.6 Å². The van der Waals surface area contributed by atoms with Crippen molar-refractivity contribution in [1.29, 1.82) is 0 Å². The Morgan fingerprint density at radius 3 is 2.85 bits per heavy atom. The molecule has 1 aromatic rings. The fraction of sp³-hybridized carbons (Fsp3) is 0.750. The average molecular weight is 296 g/mol. The standard InChI is InChI=1S/C16H26ClN3/c1-11(2)14-15(17)19-10-20-16(14)18-8-7-13-6-4-5-12(3)9-13/h10-13H,4-9H2,1-3H3,(H,18,19,20). The van der Waals surface area contributed by atoms with Gasteiger partial charge in [-0.3, -0.25) is 0 Å². The number of rotatable bonds is 5. The van der Waals surface area contributed by atoms with Gasteiger partial charge in [-0.1, -0.05) is 51.6 Å². The third-order valence-electron chi connectivity index (χ3n) is 4.30. The Labute approximate surface area is 127 Å². The summed E-state index contributed by atoms with van der Waals surface area (Å²) in [6, 6.07) is 0. The highest BCUT2D eigenvalue weighted by Gasteiger charge is 2.19. The van der Waals surface area contributed by atoms with Crippen molar-refractivity contribution in [2.75, 3.05) is 11.9 Å². The lowest BCUT2D eigenvalue weighted by Crippen LogP contribution is -2.17. The van der Waals surface area contributed by atoms with Gasteiger partial charge in [-0.15, -0.1) is 0 Å². The van der Waals surface area contributed by atoms with Crippen molar-refractivity contribution in [1.82, 2.24) is 9.97 Å². The van der Waals surface area contributed by atoms with Crippen molar-refractivity contribution in [3.8, 4) is 0 Å². The van der Waals surface area contributed by atoms with Crippen molar-refractivity contribution in [2.24, 2.45) is 11.8 Å². The van der Waals surface area contributed by atoms with Crippen LogP contribution in [0.3, 0.4) is 0 Å². The summed E-state index contributed by atoms with van der Waals surface area (Å²) in [5.41, 5.74) is 1.03. The molecule has 1 saturated carbocycles. The molecule has 0 aliphatic heterocycles. The van der Waals surface area contributed by atoms with Crippen molar-refractivity contribution >= 4 is 17.4 Å². The predicted octanol–water partition coefficient (Wildman–Crippen LogP) is 4.88. The maximum atomic E-state index is 6.18. The smallest absolute Gasteiger partial charge is 0.138 e. The lowest BCUT2D eigenvalue weighted by molar-refractivity contribution is 0.274. The summed E-state index contributed by atoms with van der Waals surface area (Å²) in [7, 11) is 0. The van der Waals surface area contributed by atoms with Gasteiger partial charge < -0.3 is 5.32 Å². The van der Waals surface area contributed by atoms with Crippen molar-refractivity contribution in [3.05, 3.63) is 17.0 Å². The SMILES string of the molecule is CC1CCCC(CCNc2ncnc(Cl)c2C(C)C)C1. The molecule has 4 heteroatoms. The van der Waals surface area contributed by atoms with Crippen LogP contribution in [0.4, 0.5) is 5.82 Å². The van der Waals surface area contributed by atoms with Gasteiger partial charge in [0.2, 0.25) is 0 Å². The molecule has 0 spiro atoms. The lowest BCUT2D eigenvalue weighted by atomic mass is 9.81. The molecular weight excluding hydrogens is 270 g/mol. The number of nitrogens with one attached hydrogen (secondary N) is 1. The first-order chi connectivity index (χ1) is 9.58. The summed E-state index contributed by atoms with van der Waals surface area (Å²) < 4.78 is 0. The van der Waals surface area contributed by atoms with E-state index in [1.165, 1.54) is 32.1 Å². The molecule has 0 aromatic carbocycles. The molecule has 2 rings (SSSR count). The first-order valence-electron chi connectivity index (χ1n) is 7.82. The first kappa shape index (κ1) is 15.6. The topological polar surface area (TPSA) is 37.8 Å². The minimum absolute atomic E-state index is 0.334. The number of hydrogen-bond donors (Lipinski definition) is 1. The highest BCUT2D eigenvalue weighted by atomic mass is 35.5. The molecule has 1 aliphatic carbocycles. The van der Waals surface area contributed by atoms with E-state index < -0.39 is 0 Å². The molecule has 1 heterocycles. The van der Waals surface area contributed by atoms with Crippen LogP contribution in [0.1, 0.15) is 64.4 Å². The molecule has 2 unspecified atom stereocenters. The zero-order valence-electron chi connectivity index (χ0n) is 12.8. The van der Waals surface area contributed by atoms with Crippen LogP contribution in [-0.2, 0) is 0 Å². The second kappa shape index (κ2) is 7.26. The van der Waals surface area contributed by atoms with E-state index in [1.807, 2.05) is 0 Å². The van der Waals surface area contributed by atoms with Gasteiger partial charge in [0, 0.05) is 12.1 Å². The molecule has 0 amide bonds. The molecule has 112 valence electrons. The van der Waals surface area contributed by atoms with E-state index >= 15 is 0 Å². The Morgan fingerprint density at radius 2 is 2.15 bits per heavy atom. The Kier molecular flexibility index (Phi) is 5.64. The van der Waals surface area contributed by atoms with Gasteiger partial charge in [-0.2, -0.15) is 0 Å². The van der Waals surface area contributed by atoms with E-state index in [4.69, 9.17) is 11.6 Å². The monoisotopic (exact) mass is 295 g/mol. The van der Waals surface area contributed by atoms with E-state index in [9.17, 15) is 0 Å². The highest BCUT2D eigenvalue weighted by Crippen LogP contribution is 2.31. The van der Waals surface area contributed by atoms with Crippen LogP contribution in [0.2, 0.25) is 5.15 Å². The third-order valence-corrected chi connectivity index (χ3v) is 4.60. The van der Waals surface area contributed by atoms with E-state index in [0.717, 1.165) is 29.8 Å². The molecule has 1 N–H and O–H groups in total. The van der Waals surface area contributed by atoms with E-state index in [-0.39, 0.29) is 0 Å². The molecule has 0 radical (unpaired) electrons. The molecule has 1 aromatic heterocycles. The maximum absolute atomic E-state index is 6.18. The number of anilines is 1. The zero-order valence-corrected chi connectivity index (χ0v) is 13.6. The molecule has 0 bridgehead atoms. The second-order valence-electron chi connectivity index (χ2n) is 6.43. The Balaban J connectivity index is 1.89. The summed E-state index contributed by atoms with van der Waals surface area (Å²) in [4.78, 5) is 8.43. The Hall–Kier alpha value is -0.830. The van der Waals surface area contributed by atoms with Crippen molar-refractivity contribution in [2.45, 2.75) is 58.8 Å². The molecule has 0 saturated heterocycles. The number of hydrogen-bond acceptors (Lipinski definition) is 3. The quantitative estimate of drug-likeness (QED) is 0.787. The molecular formula is C16H26ClN3. The van der Waals surface area contributed by atoms with Gasteiger partial charge in [0.1, 0.15) is 17.3 Å². The minimum atomic E-state index is 0.334. The summed E-state index contributed by atoms with van der Waals surface area (Å²) in [6.07, 6.45) is 8.32. The van der Waals surface area contributed by atoms with Crippen LogP contribution >= 0.6 is 11.6 Å². The van der Waals surface area contributed by atoms with Crippen LogP contribution in [0.25, 0.3) is 0 Å². The van der Waals surface area contributed by atoms with Crippen LogP contribution in [-0.4, -0.2) is 16.5 Å². The molecule has 2 atom stereocenters. The molecule has 3 nitrogen and oxygen atoms in total. The van der Waals surface area contributed by atoms with E-state index in [0.29, 0.717) is 11.1 Å². The maximum Gasteiger partial charge on any atom is 0.138 e. The van der Waals surface area contributed by atoms with E-state index in [2.05, 4.69) is 36.1 Å². The highest BCUT2D eigenvalue weighted by molar-refractivity contribution is 6.30. The Bertz CT molecular complexity index is 434. The van der Waals surface area contributed by atoms with Crippen molar-refractivity contribution < 1.29 is 0 Å². The van der Waals surface area contributed by atoms with E-state index in [1.54, 1.807) is 6.33 Å². The fourth-order valence-electron chi connectivity index (χ4n) is 3.24. The fourth-order valence-corrected chi connectivity index (χ4v) is 3.59. The lowest BCUT2D eigenvalue weighted by Gasteiger charge is -2.26. The summed E-state index contributed by atoms with van der Waals surface area (Å²) >= 11 is 6.18. The van der Waals surface area contributed by atoms with Gasteiger partial charge in [-0.25, -0.2) is 9.97 Å². The number of halogens is 1. The largest absolute Gasteiger partial charge is 0.370 e. The van der Waals surface area contributed by atoms with Crippen LogP contribution in [0.15, 0.2) is 6.33 Å². The van der Waals surface area contributed by atoms with Crippen molar-refractivity contribution in [3.63, 3.8) is 0 Å². The van der Waals surface area contributed by atoms with Gasteiger partial charge in [0.05, 0.1) is 0 Å². The van der Waals surface area contributed by atoms with Crippen LogP contribution < -0.4 is 5.32 Å². The summed E-state index contributed by atoms with van der Waals surface area (Å²) in [6.45, 7) is 7.60. The van der Waals surface area contributed by atoms with Crippen LogP contribution in [0, 0.1) is 11.8 Å². The number of aromatic nitrogens is 2. The molecule has 1 fully saturated rings. The Morgan fingerprint density at radius 1 is 1.35 bits per heavy atom. The number of nitrogens with zero attached hydrogens (tertiary/aromatic N) is 2. The van der Waals surface area contributed by atoms with Gasteiger partial charge >= 0.3 is 0 Å². The van der Waals surface area contributed by atoms with Gasteiger partial charge in [0.15, 0.2) is 0 Å². The average Bonchev–Trinajstić information content (AvgIpc) is 2.38. The predicted molar refractivity (Wildman–Crippen MR) is 85.4 cm³/mol. The second-order valence-corrected chi connectivity index (χ2v) is 6.79. The normalized spacial score (nSPS) is 23.1. The zero-order chi connectivity index (χ0) is 14.5. The molecule has 1 aliphatic rings. The summed E-state index contributed by atoms with van der Waals surface area (Å²) in [5, 5.41) is 4.03. The summed E-state index contributed by atoms with van der Waals surface area (Å²) in [5.74, 6) is 3.00. The van der Waals surface area contributed by atoms with Crippen LogP contribution in [0.5, 0.6) is 0 Å². The third kappa shape index (κ3) is 4.08. The molecule has 20 heavy (non-hydrogen) atoms.